The minimum atomic E-state index is -0.668. The maximum Gasteiger partial charge on any atom is 0.357 e. The molecule has 0 aliphatic carbocycles. The molecule has 18 heavy (non-hydrogen) atoms. The number of aromatic nitrogens is 2. The molecule has 0 aromatic carbocycles. The number of aryl methyl sites for hydroxylation is 1. The van der Waals surface area contributed by atoms with Gasteiger partial charge in [0.1, 0.15) is 5.65 Å². The fourth-order valence-electron chi connectivity index (χ4n) is 1.70. The lowest BCUT2D eigenvalue weighted by atomic mass is 10.1. The van der Waals surface area contributed by atoms with E-state index in [1.807, 2.05) is 0 Å². The number of carbonyl (C=O) groups is 2. The van der Waals surface area contributed by atoms with Gasteiger partial charge in [0.15, 0.2) is 5.69 Å². The number of hydrogen-bond donors (Lipinski definition) is 0. The van der Waals surface area contributed by atoms with Crippen LogP contribution >= 0.6 is 0 Å². The summed E-state index contributed by atoms with van der Waals surface area (Å²) < 4.78 is 11.0. The van der Waals surface area contributed by atoms with Crippen molar-refractivity contribution in [1.82, 2.24) is 9.55 Å². The van der Waals surface area contributed by atoms with E-state index in [0.29, 0.717) is 5.65 Å². The molecular formula is C12H12N2O4. The van der Waals surface area contributed by atoms with E-state index in [1.165, 1.54) is 14.2 Å². The molecule has 0 saturated carbocycles. The highest BCUT2D eigenvalue weighted by Crippen LogP contribution is 2.19. The minimum Gasteiger partial charge on any atom is -0.465 e. The first-order valence-electron chi connectivity index (χ1n) is 5.21. The van der Waals surface area contributed by atoms with Crippen LogP contribution in [0.4, 0.5) is 0 Å². The van der Waals surface area contributed by atoms with Gasteiger partial charge in [0.2, 0.25) is 0 Å². The van der Waals surface area contributed by atoms with Crippen LogP contribution in [0.2, 0.25) is 0 Å². The third kappa shape index (κ3) is 1.81. The Morgan fingerprint density at radius 1 is 1.22 bits per heavy atom. The summed E-state index contributed by atoms with van der Waals surface area (Å²) in [6.45, 7) is 0. The molecule has 2 rings (SSSR count). The summed E-state index contributed by atoms with van der Waals surface area (Å²) in [6.07, 6.45) is 1.79. The van der Waals surface area contributed by atoms with Crippen LogP contribution in [0.1, 0.15) is 20.8 Å². The van der Waals surface area contributed by atoms with Gasteiger partial charge in [0.25, 0.3) is 0 Å². The lowest BCUT2D eigenvalue weighted by molar-refractivity contribution is 0.0550. The first-order chi connectivity index (χ1) is 8.58. The number of esters is 2. The molecule has 0 N–H and O–H groups in total. The summed E-state index contributed by atoms with van der Waals surface area (Å²) >= 11 is 0. The van der Waals surface area contributed by atoms with Crippen LogP contribution in [-0.4, -0.2) is 35.7 Å². The first kappa shape index (κ1) is 12.1. The molecule has 0 atom stereocenters. The van der Waals surface area contributed by atoms with E-state index in [9.17, 15) is 9.59 Å². The third-order valence-electron chi connectivity index (χ3n) is 2.63. The molecule has 2 aromatic heterocycles. The van der Waals surface area contributed by atoms with Gasteiger partial charge in [-0.05, 0) is 12.1 Å². The monoisotopic (exact) mass is 248 g/mol. The van der Waals surface area contributed by atoms with Crippen molar-refractivity contribution in [2.24, 2.45) is 7.05 Å². The highest BCUT2D eigenvalue weighted by molar-refractivity contribution is 6.04. The number of ether oxygens (including phenoxy) is 2. The van der Waals surface area contributed by atoms with Gasteiger partial charge in [0.05, 0.1) is 19.8 Å². The predicted octanol–water partition coefficient (Wildman–Crippen LogP) is 1.15. The maximum atomic E-state index is 11.6. The standard InChI is InChI=1S/C12H12N2O4/c1-14-5-4-7-6-8(11(15)17-2)9(12(16)18-3)13-10(7)14/h4-6H,1-3H3. The Morgan fingerprint density at radius 2 is 1.89 bits per heavy atom. The van der Waals surface area contributed by atoms with Crippen LogP contribution < -0.4 is 0 Å². The Hall–Kier alpha value is -2.37. The van der Waals surface area contributed by atoms with Gasteiger partial charge in [-0.1, -0.05) is 0 Å². The summed E-state index contributed by atoms with van der Waals surface area (Å²) in [5.41, 5.74) is 0.657. The highest BCUT2D eigenvalue weighted by atomic mass is 16.5. The Kier molecular flexibility index (Phi) is 3.01. The summed E-state index contributed by atoms with van der Waals surface area (Å²) in [7, 11) is 4.28. The van der Waals surface area contributed by atoms with E-state index in [1.54, 1.807) is 29.9 Å². The molecule has 2 aromatic rings. The van der Waals surface area contributed by atoms with Crippen molar-refractivity contribution in [3.05, 3.63) is 29.6 Å². The van der Waals surface area contributed by atoms with Gasteiger partial charge >= 0.3 is 11.9 Å². The average Bonchev–Trinajstić information content (AvgIpc) is 2.76. The van der Waals surface area contributed by atoms with Gasteiger partial charge in [-0.2, -0.15) is 0 Å². The summed E-state index contributed by atoms with van der Waals surface area (Å²) in [6, 6.07) is 3.37. The number of nitrogens with zero attached hydrogens (tertiary/aromatic N) is 2. The van der Waals surface area contributed by atoms with Gasteiger partial charge in [-0.15, -0.1) is 0 Å². The Balaban J connectivity index is 2.73. The Bertz CT molecular complexity index is 630. The summed E-state index contributed by atoms with van der Waals surface area (Å²) in [4.78, 5) is 27.4. The molecule has 0 amide bonds. The Morgan fingerprint density at radius 3 is 2.50 bits per heavy atom. The predicted molar refractivity (Wildman–Crippen MR) is 63.4 cm³/mol. The number of carbonyl (C=O) groups excluding carboxylic acids is 2. The third-order valence-corrected chi connectivity index (χ3v) is 2.63. The van der Waals surface area contributed by atoms with Crippen LogP contribution in [0, 0.1) is 0 Å². The van der Waals surface area contributed by atoms with Crippen molar-refractivity contribution in [2.45, 2.75) is 0 Å². The van der Waals surface area contributed by atoms with E-state index in [4.69, 9.17) is 0 Å². The molecule has 6 heteroatoms. The second-order valence-corrected chi connectivity index (χ2v) is 3.71. The fraction of sp³-hybridized carbons (Fsp3) is 0.250. The van der Waals surface area contributed by atoms with Gasteiger partial charge < -0.3 is 14.0 Å². The number of methoxy groups -OCH3 is 2. The van der Waals surface area contributed by atoms with Crippen LogP contribution in [0.5, 0.6) is 0 Å². The molecule has 0 unspecified atom stereocenters. The van der Waals surface area contributed by atoms with E-state index < -0.39 is 11.9 Å². The molecule has 0 bridgehead atoms. The summed E-state index contributed by atoms with van der Waals surface area (Å²) in [5, 5.41) is 0.755. The van der Waals surface area contributed by atoms with E-state index in [2.05, 4.69) is 14.5 Å². The fourth-order valence-corrected chi connectivity index (χ4v) is 1.70. The van der Waals surface area contributed by atoms with Gasteiger partial charge in [0, 0.05) is 18.6 Å². The second kappa shape index (κ2) is 4.48. The van der Waals surface area contributed by atoms with Crippen molar-refractivity contribution >= 4 is 23.0 Å². The molecule has 0 radical (unpaired) electrons. The highest BCUT2D eigenvalue weighted by Gasteiger charge is 2.21. The SMILES string of the molecule is COC(=O)c1cc2ccn(C)c2nc1C(=O)OC. The molecule has 0 aliphatic heterocycles. The first-order valence-corrected chi connectivity index (χ1v) is 5.21. The molecule has 0 fully saturated rings. The van der Waals surface area contributed by atoms with Crippen LogP contribution in [0.25, 0.3) is 11.0 Å². The normalized spacial score (nSPS) is 10.4. The largest absolute Gasteiger partial charge is 0.465 e. The zero-order valence-electron chi connectivity index (χ0n) is 10.3. The molecule has 2 heterocycles. The number of pyridine rings is 1. The summed E-state index contributed by atoms with van der Waals surface area (Å²) in [5.74, 6) is -1.29. The molecule has 0 spiro atoms. The van der Waals surface area contributed by atoms with Gasteiger partial charge in [-0.25, -0.2) is 14.6 Å². The van der Waals surface area contributed by atoms with Crippen LogP contribution in [0.15, 0.2) is 18.3 Å². The number of rotatable bonds is 2. The number of fused-ring (bicyclic) bond motifs is 1. The van der Waals surface area contributed by atoms with Crippen LogP contribution in [0.3, 0.4) is 0 Å². The average molecular weight is 248 g/mol. The van der Waals surface area contributed by atoms with Crippen molar-refractivity contribution in [3.63, 3.8) is 0 Å². The molecule has 0 saturated heterocycles. The second-order valence-electron chi connectivity index (χ2n) is 3.71. The quantitative estimate of drug-likeness (QED) is 0.745. The zero-order chi connectivity index (χ0) is 13.3. The van der Waals surface area contributed by atoms with E-state index in [-0.39, 0.29) is 11.3 Å². The van der Waals surface area contributed by atoms with Crippen LogP contribution in [-0.2, 0) is 16.5 Å². The van der Waals surface area contributed by atoms with Gasteiger partial charge in [-0.3, -0.25) is 0 Å². The number of hydrogen-bond acceptors (Lipinski definition) is 5. The van der Waals surface area contributed by atoms with E-state index >= 15 is 0 Å². The van der Waals surface area contributed by atoms with Crippen molar-refractivity contribution in [2.75, 3.05) is 14.2 Å². The molecule has 94 valence electrons. The van der Waals surface area contributed by atoms with Crippen molar-refractivity contribution in [1.29, 1.82) is 0 Å². The Labute approximate surface area is 103 Å². The molecule has 0 aliphatic rings. The van der Waals surface area contributed by atoms with Crippen molar-refractivity contribution < 1.29 is 19.1 Å². The smallest absolute Gasteiger partial charge is 0.357 e. The lowest BCUT2D eigenvalue weighted by Gasteiger charge is -2.06. The topological polar surface area (TPSA) is 70.4 Å². The lowest BCUT2D eigenvalue weighted by Crippen LogP contribution is -2.14. The molecule has 6 nitrogen and oxygen atoms in total. The van der Waals surface area contributed by atoms with E-state index in [0.717, 1.165) is 5.39 Å². The maximum absolute atomic E-state index is 11.6. The van der Waals surface area contributed by atoms with Crippen molar-refractivity contribution in [3.8, 4) is 0 Å². The molecular weight excluding hydrogens is 236 g/mol. The minimum absolute atomic E-state index is 0.0429. The zero-order valence-corrected chi connectivity index (χ0v) is 10.3.